The van der Waals surface area contributed by atoms with Gasteiger partial charge in [0.1, 0.15) is 5.54 Å². The molecule has 136 valence electrons. The average Bonchev–Trinajstić information content (AvgIpc) is 2.63. The summed E-state index contributed by atoms with van der Waals surface area (Å²) in [6.45, 7) is 9.05. The molecule has 25 heavy (non-hydrogen) atoms. The summed E-state index contributed by atoms with van der Waals surface area (Å²) >= 11 is 0. The fourth-order valence-corrected chi connectivity index (χ4v) is 3.77. The number of benzene rings is 1. The summed E-state index contributed by atoms with van der Waals surface area (Å²) in [6, 6.07) is 10.7. The van der Waals surface area contributed by atoms with E-state index >= 15 is 0 Å². The Morgan fingerprint density at radius 3 is 2.56 bits per heavy atom. The second kappa shape index (κ2) is 8.15. The summed E-state index contributed by atoms with van der Waals surface area (Å²) in [7, 11) is 0. The number of hydrogen-bond donors (Lipinski definition) is 2. The summed E-state index contributed by atoms with van der Waals surface area (Å²) in [5.74, 6) is 0.857. The fraction of sp³-hybridized carbons (Fsp3) is 0.571. The highest BCUT2D eigenvalue weighted by Gasteiger charge is 2.42. The molecule has 2 saturated heterocycles. The van der Waals surface area contributed by atoms with Gasteiger partial charge in [-0.15, -0.1) is 0 Å². The highest BCUT2D eigenvalue weighted by Crippen LogP contribution is 2.26. The quantitative estimate of drug-likeness (QED) is 0.865. The van der Waals surface area contributed by atoms with Crippen molar-refractivity contribution in [2.45, 2.75) is 38.6 Å². The molecule has 0 radical (unpaired) electrons. The molecule has 0 saturated carbocycles. The van der Waals surface area contributed by atoms with Crippen LogP contribution in [0, 0.1) is 5.92 Å². The molecule has 1 aromatic carbocycles. The smallest absolute Gasteiger partial charge is 0.240 e. The number of amides is 1. The van der Waals surface area contributed by atoms with Crippen LogP contribution >= 0.6 is 0 Å². The minimum absolute atomic E-state index is 0.192. The van der Waals surface area contributed by atoms with Crippen molar-refractivity contribution in [2.75, 3.05) is 32.7 Å². The van der Waals surface area contributed by atoms with Crippen LogP contribution in [0.5, 0.6) is 0 Å². The van der Waals surface area contributed by atoms with Crippen LogP contribution in [-0.2, 0) is 4.79 Å². The maximum absolute atomic E-state index is 12.3. The lowest BCUT2D eigenvalue weighted by Gasteiger charge is -2.43. The molecule has 2 aliphatic heterocycles. The van der Waals surface area contributed by atoms with E-state index < -0.39 is 0 Å². The lowest BCUT2D eigenvalue weighted by Crippen LogP contribution is -2.66. The third-order valence-electron chi connectivity index (χ3n) is 5.39. The largest absolute Gasteiger partial charge is 0.353 e. The van der Waals surface area contributed by atoms with Crippen molar-refractivity contribution in [3.05, 3.63) is 42.0 Å². The second-order valence-electron chi connectivity index (χ2n) is 7.77. The van der Waals surface area contributed by atoms with Crippen molar-refractivity contribution < 1.29 is 4.79 Å². The molecule has 0 aliphatic carbocycles. The number of hydrogen-bond acceptors (Lipinski definition) is 3. The first-order chi connectivity index (χ1) is 12.1. The molecule has 2 aliphatic rings. The normalized spacial score (nSPS) is 21.6. The van der Waals surface area contributed by atoms with E-state index in [1.165, 1.54) is 11.1 Å². The Morgan fingerprint density at radius 1 is 1.20 bits per heavy atom. The SMILES string of the molecule is CC(C)CC=C(CN1CCC2(CC1)NCCNC2=O)c1ccccc1. The molecule has 2 heterocycles. The van der Waals surface area contributed by atoms with Gasteiger partial charge in [0, 0.05) is 32.7 Å². The number of piperazine rings is 1. The molecule has 0 unspecified atom stereocenters. The molecular formula is C21H31N3O. The number of piperidine rings is 1. The highest BCUT2D eigenvalue weighted by atomic mass is 16.2. The number of carbonyl (C=O) groups is 1. The van der Waals surface area contributed by atoms with Crippen molar-refractivity contribution in [3.8, 4) is 0 Å². The lowest BCUT2D eigenvalue weighted by atomic mass is 9.85. The molecule has 1 amide bonds. The Bertz CT molecular complexity index is 601. The summed E-state index contributed by atoms with van der Waals surface area (Å²) in [5, 5.41) is 6.50. The van der Waals surface area contributed by atoms with Crippen molar-refractivity contribution in [1.82, 2.24) is 15.5 Å². The van der Waals surface area contributed by atoms with Crippen LogP contribution in [-0.4, -0.2) is 49.1 Å². The second-order valence-corrected chi connectivity index (χ2v) is 7.77. The number of nitrogens with zero attached hydrogens (tertiary/aromatic N) is 1. The summed E-state index contributed by atoms with van der Waals surface area (Å²) in [6.07, 6.45) is 5.29. The molecule has 4 heteroatoms. The Labute approximate surface area is 151 Å². The van der Waals surface area contributed by atoms with Gasteiger partial charge in [0.05, 0.1) is 0 Å². The monoisotopic (exact) mass is 341 g/mol. The lowest BCUT2D eigenvalue weighted by molar-refractivity contribution is -0.131. The first-order valence-corrected chi connectivity index (χ1v) is 9.59. The van der Waals surface area contributed by atoms with E-state index in [2.05, 4.69) is 65.8 Å². The molecule has 2 N–H and O–H groups in total. The van der Waals surface area contributed by atoms with Crippen molar-refractivity contribution >= 4 is 11.5 Å². The predicted octanol–water partition coefficient (Wildman–Crippen LogP) is 2.67. The molecule has 1 aromatic rings. The van der Waals surface area contributed by atoms with E-state index in [1.54, 1.807) is 0 Å². The molecule has 3 rings (SSSR count). The molecule has 0 atom stereocenters. The summed E-state index contributed by atoms with van der Waals surface area (Å²) in [4.78, 5) is 14.8. The predicted molar refractivity (Wildman–Crippen MR) is 103 cm³/mol. The zero-order chi connectivity index (χ0) is 17.7. The van der Waals surface area contributed by atoms with E-state index in [1.807, 2.05) is 0 Å². The number of rotatable bonds is 5. The Hall–Kier alpha value is -1.65. The van der Waals surface area contributed by atoms with Crippen LogP contribution in [0.4, 0.5) is 0 Å². The number of carbonyl (C=O) groups excluding carboxylic acids is 1. The maximum Gasteiger partial charge on any atom is 0.240 e. The van der Waals surface area contributed by atoms with Gasteiger partial charge in [-0.1, -0.05) is 50.3 Å². The zero-order valence-corrected chi connectivity index (χ0v) is 15.6. The van der Waals surface area contributed by atoms with Crippen molar-refractivity contribution in [2.24, 2.45) is 5.92 Å². The van der Waals surface area contributed by atoms with Gasteiger partial charge in [0.15, 0.2) is 0 Å². The number of nitrogens with one attached hydrogen (secondary N) is 2. The standard InChI is InChI=1S/C21H31N3O/c1-17(2)8-9-19(18-6-4-3-5-7-18)16-24-14-10-21(11-15-24)20(25)22-12-13-23-21/h3-7,9,17,23H,8,10-16H2,1-2H3,(H,22,25). The number of allylic oxidation sites excluding steroid dienone is 1. The van der Waals surface area contributed by atoms with Crippen molar-refractivity contribution in [3.63, 3.8) is 0 Å². The molecule has 1 spiro atoms. The fourth-order valence-electron chi connectivity index (χ4n) is 3.77. The molecule has 0 bridgehead atoms. The van der Waals surface area contributed by atoms with Crippen LogP contribution in [0.2, 0.25) is 0 Å². The topological polar surface area (TPSA) is 44.4 Å². The van der Waals surface area contributed by atoms with Crippen LogP contribution < -0.4 is 10.6 Å². The molecular weight excluding hydrogens is 310 g/mol. The Morgan fingerprint density at radius 2 is 1.92 bits per heavy atom. The van der Waals surface area contributed by atoms with E-state index in [0.29, 0.717) is 5.92 Å². The Kier molecular flexibility index (Phi) is 5.92. The first kappa shape index (κ1) is 18.2. The minimum Gasteiger partial charge on any atom is -0.353 e. The maximum atomic E-state index is 12.3. The first-order valence-electron chi connectivity index (χ1n) is 9.59. The van der Waals surface area contributed by atoms with E-state index in [-0.39, 0.29) is 11.4 Å². The van der Waals surface area contributed by atoms with E-state index in [9.17, 15) is 4.79 Å². The van der Waals surface area contributed by atoms with Crippen LogP contribution in [0.1, 0.15) is 38.7 Å². The molecule has 2 fully saturated rings. The summed E-state index contributed by atoms with van der Waals surface area (Å²) < 4.78 is 0. The minimum atomic E-state index is -0.330. The van der Waals surface area contributed by atoms with Crippen LogP contribution in [0.3, 0.4) is 0 Å². The molecule has 0 aromatic heterocycles. The van der Waals surface area contributed by atoms with Gasteiger partial charge >= 0.3 is 0 Å². The van der Waals surface area contributed by atoms with Gasteiger partial charge < -0.3 is 10.6 Å². The van der Waals surface area contributed by atoms with Crippen LogP contribution in [0.15, 0.2) is 36.4 Å². The molecule has 4 nitrogen and oxygen atoms in total. The van der Waals surface area contributed by atoms with Gasteiger partial charge in [-0.2, -0.15) is 0 Å². The zero-order valence-electron chi connectivity index (χ0n) is 15.6. The third kappa shape index (κ3) is 4.50. The average molecular weight is 341 g/mol. The summed E-state index contributed by atoms with van der Waals surface area (Å²) in [5.41, 5.74) is 2.40. The third-order valence-corrected chi connectivity index (χ3v) is 5.39. The number of likely N-dealkylation sites (tertiary alicyclic amines) is 1. The highest BCUT2D eigenvalue weighted by molar-refractivity contribution is 5.87. The van der Waals surface area contributed by atoms with Gasteiger partial charge in [-0.05, 0) is 36.3 Å². The van der Waals surface area contributed by atoms with Gasteiger partial charge in [0.25, 0.3) is 0 Å². The Balaban J connectivity index is 1.65. The van der Waals surface area contributed by atoms with E-state index in [4.69, 9.17) is 0 Å². The van der Waals surface area contributed by atoms with Crippen LogP contribution in [0.25, 0.3) is 5.57 Å². The van der Waals surface area contributed by atoms with Gasteiger partial charge in [-0.25, -0.2) is 0 Å². The van der Waals surface area contributed by atoms with Gasteiger partial charge in [0.2, 0.25) is 5.91 Å². The van der Waals surface area contributed by atoms with E-state index in [0.717, 1.165) is 52.0 Å². The van der Waals surface area contributed by atoms with Gasteiger partial charge in [-0.3, -0.25) is 9.69 Å². The van der Waals surface area contributed by atoms with Crippen molar-refractivity contribution in [1.29, 1.82) is 0 Å².